The van der Waals surface area contributed by atoms with Crippen LogP contribution in [-0.2, 0) is 0 Å². The van der Waals surface area contributed by atoms with Crippen molar-refractivity contribution in [2.75, 3.05) is 0 Å². The van der Waals surface area contributed by atoms with Crippen LogP contribution in [0.3, 0.4) is 0 Å². The summed E-state index contributed by atoms with van der Waals surface area (Å²) in [4.78, 5) is 29.6. The van der Waals surface area contributed by atoms with Crippen LogP contribution < -0.4 is 16.1 Å². The van der Waals surface area contributed by atoms with E-state index in [0.717, 1.165) is 5.56 Å². The van der Waals surface area contributed by atoms with Gasteiger partial charge in [0.15, 0.2) is 0 Å². The normalized spacial score (nSPS) is 13.3. The summed E-state index contributed by atoms with van der Waals surface area (Å²) in [6.07, 6.45) is 0. The first kappa shape index (κ1) is 15.2. The number of aryl methyl sites for hydroxylation is 2. The Morgan fingerprint density at radius 1 is 1.17 bits per heavy atom. The van der Waals surface area contributed by atoms with Crippen LogP contribution in [0.25, 0.3) is 12.3 Å². The smallest absolute Gasteiger partial charge is 0.251 e. The first-order valence-corrected chi connectivity index (χ1v) is 7.45. The lowest BCUT2D eigenvalue weighted by molar-refractivity contribution is 0.101. The van der Waals surface area contributed by atoms with Crippen LogP contribution in [0.2, 0.25) is 0 Å². The highest BCUT2D eigenvalue weighted by molar-refractivity contribution is 6.12. The van der Waals surface area contributed by atoms with Gasteiger partial charge in [-0.05, 0) is 44.9 Å². The summed E-state index contributed by atoms with van der Waals surface area (Å²) in [7, 11) is 0. The number of hydrogen-bond acceptors (Lipinski definition) is 4. The van der Waals surface area contributed by atoms with E-state index >= 15 is 0 Å². The largest absolute Gasteiger partial charge is 0.507 e. The Labute approximate surface area is 133 Å². The maximum Gasteiger partial charge on any atom is 0.251 e. The molecule has 0 unspecified atom stereocenters. The Morgan fingerprint density at radius 3 is 2.43 bits per heavy atom. The topological polar surface area (TPSA) is 72.2 Å². The monoisotopic (exact) mass is 310 g/mol. The van der Waals surface area contributed by atoms with E-state index in [1.165, 1.54) is 10.6 Å². The van der Waals surface area contributed by atoms with E-state index in [0.29, 0.717) is 21.7 Å². The van der Waals surface area contributed by atoms with Crippen LogP contribution in [0.15, 0.2) is 16.9 Å². The third-order valence-corrected chi connectivity index (χ3v) is 4.14. The molecule has 118 valence electrons. The summed E-state index contributed by atoms with van der Waals surface area (Å²) in [5.41, 5.74) is 1.82. The first-order chi connectivity index (χ1) is 10.7. The zero-order chi connectivity index (χ0) is 17.0. The number of carbonyl (C=O) groups is 1. The molecule has 0 bridgehead atoms. The predicted octanol–water partition coefficient (Wildman–Crippen LogP) is 1.11. The van der Waals surface area contributed by atoms with E-state index in [4.69, 9.17) is 0 Å². The van der Waals surface area contributed by atoms with E-state index in [-0.39, 0.29) is 34.5 Å². The molecular weight excluding hydrogens is 292 g/mol. The standard InChI is InChI=1S/C18H18N2O3/c1-8(2)20-12(21)7-10(4)14-16(20)18(23)15-13(17(14)22)9(3)6-11(5)19-15/h6-8,22H,5H2,1-4H3. The molecule has 3 rings (SSSR count). The van der Waals surface area contributed by atoms with Crippen molar-refractivity contribution in [2.45, 2.75) is 33.7 Å². The predicted molar refractivity (Wildman–Crippen MR) is 88.1 cm³/mol. The molecule has 2 aromatic heterocycles. The number of aliphatic hydroxyl groups excluding tert-OH is 1. The van der Waals surface area contributed by atoms with E-state index < -0.39 is 0 Å². The molecule has 0 aromatic carbocycles. The molecule has 0 fully saturated rings. The van der Waals surface area contributed by atoms with Crippen molar-refractivity contribution in [3.05, 3.63) is 61.1 Å². The van der Waals surface area contributed by atoms with Gasteiger partial charge in [-0.3, -0.25) is 9.59 Å². The van der Waals surface area contributed by atoms with Gasteiger partial charge < -0.3 is 9.67 Å². The quantitative estimate of drug-likeness (QED) is 0.856. The second kappa shape index (κ2) is 4.91. The van der Waals surface area contributed by atoms with Crippen LogP contribution in [0, 0.1) is 13.8 Å². The molecule has 0 radical (unpaired) electrons. The van der Waals surface area contributed by atoms with Gasteiger partial charge in [-0.1, -0.05) is 6.58 Å². The molecule has 2 aromatic rings. The summed E-state index contributed by atoms with van der Waals surface area (Å²) < 4.78 is 1.41. The van der Waals surface area contributed by atoms with Crippen molar-refractivity contribution in [3.8, 4) is 0 Å². The van der Waals surface area contributed by atoms with Gasteiger partial charge in [0, 0.05) is 22.9 Å². The van der Waals surface area contributed by atoms with Crippen LogP contribution in [0.4, 0.5) is 0 Å². The fourth-order valence-electron chi connectivity index (χ4n) is 3.22. The number of aliphatic hydroxyl groups is 1. The lowest BCUT2D eigenvalue weighted by Crippen LogP contribution is -2.38. The summed E-state index contributed by atoms with van der Waals surface area (Å²) in [6, 6.07) is 2.96. The summed E-state index contributed by atoms with van der Waals surface area (Å²) in [5, 5.41) is 11.6. The second-order valence-corrected chi connectivity index (χ2v) is 6.18. The number of carbonyl (C=O) groups excluding carboxylic acids is 1. The minimum atomic E-state index is -0.351. The molecule has 2 heterocycles. The molecule has 0 amide bonds. The minimum Gasteiger partial charge on any atom is -0.507 e. The van der Waals surface area contributed by atoms with E-state index in [2.05, 4.69) is 11.6 Å². The highest BCUT2D eigenvalue weighted by Gasteiger charge is 2.31. The fourth-order valence-corrected chi connectivity index (χ4v) is 3.22. The number of fused-ring (bicyclic) bond motifs is 2. The zero-order valence-corrected chi connectivity index (χ0v) is 13.6. The maximum atomic E-state index is 13.0. The maximum absolute atomic E-state index is 13.0. The molecule has 23 heavy (non-hydrogen) atoms. The molecular formula is C18H18N2O3. The van der Waals surface area contributed by atoms with Crippen LogP contribution >= 0.6 is 0 Å². The highest BCUT2D eigenvalue weighted by atomic mass is 16.3. The van der Waals surface area contributed by atoms with Crippen LogP contribution in [-0.4, -0.2) is 20.4 Å². The molecule has 0 spiro atoms. The fraction of sp³-hybridized carbons (Fsp3) is 0.278. The molecule has 1 N–H and O–H groups in total. The lowest BCUT2D eigenvalue weighted by Gasteiger charge is -2.23. The Kier molecular flexibility index (Phi) is 3.25. The van der Waals surface area contributed by atoms with Crippen molar-refractivity contribution in [3.63, 3.8) is 0 Å². The molecule has 0 aliphatic heterocycles. The van der Waals surface area contributed by atoms with Gasteiger partial charge in [0.2, 0.25) is 5.78 Å². The molecule has 0 saturated carbocycles. The minimum absolute atomic E-state index is 0.00787. The SMILES string of the molecule is C=c1cc(C)c2c(n1)C(=O)c1c(c(C)cc(=O)n1C(C)C)C=2O. The molecule has 1 aliphatic rings. The number of hydrogen-bond donors (Lipinski definition) is 1. The molecule has 1 aliphatic carbocycles. The van der Waals surface area contributed by atoms with Gasteiger partial charge in [-0.15, -0.1) is 0 Å². The third kappa shape index (κ3) is 2.04. The van der Waals surface area contributed by atoms with E-state index in [1.54, 1.807) is 19.9 Å². The van der Waals surface area contributed by atoms with Crippen molar-refractivity contribution in [1.29, 1.82) is 0 Å². The van der Waals surface area contributed by atoms with Crippen molar-refractivity contribution >= 4 is 18.1 Å². The van der Waals surface area contributed by atoms with Gasteiger partial charge in [0.1, 0.15) is 17.1 Å². The van der Waals surface area contributed by atoms with E-state index in [1.807, 2.05) is 13.8 Å². The Balaban J connectivity index is 2.62. The third-order valence-electron chi connectivity index (χ3n) is 4.14. The highest BCUT2D eigenvalue weighted by Crippen LogP contribution is 2.25. The van der Waals surface area contributed by atoms with Crippen LogP contribution in [0.5, 0.6) is 0 Å². The zero-order valence-electron chi connectivity index (χ0n) is 13.6. The molecule has 0 saturated heterocycles. The van der Waals surface area contributed by atoms with Gasteiger partial charge in [0.25, 0.3) is 5.56 Å². The molecule has 5 nitrogen and oxygen atoms in total. The van der Waals surface area contributed by atoms with E-state index in [9.17, 15) is 14.7 Å². The van der Waals surface area contributed by atoms with Crippen molar-refractivity contribution in [2.24, 2.45) is 0 Å². The number of pyridine rings is 2. The number of ketones is 1. The second-order valence-electron chi connectivity index (χ2n) is 6.18. The average molecular weight is 310 g/mol. The lowest BCUT2D eigenvalue weighted by atomic mass is 9.91. The average Bonchev–Trinajstić information content (AvgIpc) is 2.42. The van der Waals surface area contributed by atoms with Crippen molar-refractivity contribution in [1.82, 2.24) is 9.55 Å². The molecule has 5 heteroatoms. The van der Waals surface area contributed by atoms with Gasteiger partial charge in [-0.2, -0.15) is 0 Å². The summed E-state index contributed by atoms with van der Waals surface area (Å²) >= 11 is 0. The van der Waals surface area contributed by atoms with Gasteiger partial charge in [-0.25, -0.2) is 4.98 Å². The Morgan fingerprint density at radius 2 is 1.83 bits per heavy atom. The van der Waals surface area contributed by atoms with Crippen molar-refractivity contribution < 1.29 is 9.90 Å². The summed E-state index contributed by atoms with van der Waals surface area (Å²) in [6.45, 7) is 11.0. The Hall–Kier alpha value is -2.69. The van der Waals surface area contributed by atoms with Crippen LogP contribution in [0.1, 0.15) is 52.8 Å². The first-order valence-electron chi connectivity index (χ1n) is 7.45. The van der Waals surface area contributed by atoms with Gasteiger partial charge in [0.05, 0.1) is 5.35 Å². The molecule has 0 atom stereocenters. The number of aromatic nitrogens is 2. The number of nitrogens with zero attached hydrogens (tertiary/aromatic N) is 2. The Bertz CT molecular complexity index is 1030. The number of rotatable bonds is 1. The summed E-state index contributed by atoms with van der Waals surface area (Å²) in [5.74, 6) is -0.359. The van der Waals surface area contributed by atoms with Gasteiger partial charge >= 0.3 is 0 Å².